The van der Waals surface area contributed by atoms with Crippen LogP contribution in [-0.2, 0) is 9.53 Å². The molecule has 1 fully saturated rings. The Morgan fingerprint density at radius 3 is 2.73 bits per heavy atom. The highest BCUT2D eigenvalue weighted by Crippen LogP contribution is 2.17. The average Bonchev–Trinajstić information content (AvgIpc) is 2.63. The highest BCUT2D eigenvalue weighted by atomic mass is 16.5. The van der Waals surface area contributed by atoms with Crippen molar-refractivity contribution in [1.29, 1.82) is 0 Å². The normalized spacial score (nSPS) is 23.9. The smallest absolute Gasteiger partial charge is 0.237 e. The van der Waals surface area contributed by atoms with Crippen molar-refractivity contribution in [3.8, 4) is 0 Å². The molecule has 3 N–H and O–H groups in total. The molecule has 0 spiro atoms. The number of carbonyl (C=O) groups is 1. The predicted molar refractivity (Wildman–Crippen MR) is 59.4 cm³/mol. The van der Waals surface area contributed by atoms with Crippen LogP contribution in [0.4, 0.5) is 0 Å². The summed E-state index contributed by atoms with van der Waals surface area (Å²) in [4.78, 5) is 11.7. The van der Waals surface area contributed by atoms with Crippen LogP contribution in [0.15, 0.2) is 0 Å². The van der Waals surface area contributed by atoms with Crippen molar-refractivity contribution in [1.82, 2.24) is 5.32 Å². The summed E-state index contributed by atoms with van der Waals surface area (Å²) >= 11 is 0. The summed E-state index contributed by atoms with van der Waals surface area (Å²) < 4.78 is 5.23. The molecule has 1 saturated heterocycles. The van der Waals surface area contributed by atoms with Crippen LogP contribution in [0.3, 0.4) is 0 Å². The molecule has 2 atom stereocenters. The monoisotopic (exact) mass is 214 g/mol. The van der Waals surface area contributed by atoms with Crippen molar-refractivity contribution in [2.75, 3.05) is 19.8 Å². The van der Waals surface area contributed by atoms with E-state index in [1.54, 1.807) is 0 Å². The van der Waals surface area contributed by atoms with E-state index in [2.05, 4.69) is 5.32 Å². The van der Waals surface area contributed by atoms with E-state index < -0.39 is 6.04 Å². The molecule has 88 valence electrons. The number of carbonyl (C=O) groups excluding carboxylic acids is 1. The van der Waals surface area contributed by atoms with E-state index in [-0.39, 0.29) is 11.3 Å². The molecule has 4 nitrogen and oxygen atoms in total. The van der Waals surface area contributed by atoms with Crippen LogP contribution in [0.25, 0.3) is 0 Å². The second-order valence-electron chi connectivity index (χ2n) is 5.32. The maximum absolute atomic E-state index is 11.7. The lowest BCUT2D eigenvalue weighted by atomic mass is 9.87. The maximum atomic E-state index is 11.7. The number of amides is 1. The first-order valence-electron chi connectivity index (χ1n) is 5.52. The molecule has 0 aliphatic carbocycles. The molecule has 1 amide bonds. The fourth-order valence-corrected chi connectivity index (χ4v) is 1.49. The second kappa shape index (κ2) is 4.94. The fraction of sp³-hybridized carbons (Fsp3) is 0.909. The minimum absolute atomic E-state index is 0.0607. The zero-order valence-corrected chi connectivity index (χ0v) is 9.88. The number of nitrogens with two attached hydrogens (primary N) is 1. The van der Waals surface area contributed by atoms with Crippen molar-refractivity contribution >= 4 is 5.91 Å². The van der Waals surface area contributed by atoms with Gasteiger partial charge in [0.25, 0.3) is 0 Å². The molecule has 1 aliphatic rings. The van der Waals surface area contributed by atoms with Crippen LogP contribution in [-0.4, -0.2) is 31.7 Å². The molecular weight excluding hydrogens is 192 g/mol. The van der Waals surface area contributed by atoms with E-state index in [0.29, 0.717) is 12.5 Å². The molecule has 0 saturated carbocycles. The van der Waals surface area contributed by atoms with Crippen LogP contribution < -0.4 is 11.1 Å². The molecule has 0 aromatic rings. The Kier molecular flexibility index (Phi) is 4.11. The summed E-state index contributed by atoms with van der Waals surface area (Å²) in [6.45, 7) is 8.15. The van der Waals surface area contributed by atoms with Crippen molar-refractivity contribution in [3.05, 3.63) is 0 Å². The minimum Gasteiger partial charge on any atom is -0.381 e. The van der Waals surface area contributed by atoms with Gasteiger partial charge < -0.3 is 15.8 Å². The van der Waals surface area contributed by atoms with Crippen LogP contribution >= 0.6 is 0 Å². The van der Waals surface area contributed by atoms with Gasteiger partial charge in [0.05, 0.1) is 12.6 Å². The van der Waals surface area contributed by atoms with Crippen LogP contribution in [0.2, 0.25) is 0 Å². The molecule has 0 aromatic carbocycles. The molecule has 0 bridgehead atoms. The van der Waals surface area contributed by atoms with E-state index in [1.165, 1.54) is 0 Å². The van der Waals surface area contributed by atoms with Gasteiger partial charge in [-0.15, -0.1) is 0 Å². The van der Waals surface area contributed by atoms with Gasteiger partial charge in [-0.05, 0) is 11.8 Å². The quantitative estimate of drug-likeness (QED) is 0.719. The minimum atomic E-state index is -0.445. The first kappa shape index (κ1) is 12.5. The van der Waals surface area contributed by atoms with Gasteiger partial charge in [-0.1, -0.05) is 20.8 Å². The SMILES string of the molecule is CC(C)(C)C(N)C(=O)NCC1CCOC1. The molecule has 1 aliphatic heterocycles. The Morgan fingerprint density at radius 1 is 1.60 bits per heavy atom. The van der Waals surface area contributed by atoms with E-state index in [9.17, 15) is 4.79 Å². The average molecular weight is 214 g/mol. The van der Waals surface area contributed by atoms with Gasteiger partial charge in [0.15, 0.2) is 0 Å². The Hall–Kier alpha value is -0.610. The number of ether oxygens (including phenoxy) is 1. The summed E-state index contributed by atoms with van der Waals surface area (Å²) in [5, 5.41) is 2.89. The highest BCUT2D eigenvalue weighted by Gasteiger charge is 2.28. The summed E-state index contributed by atoms with van der Waals surface area (Å²) in [7, 11) is 0. The third kappa shape index (κ3) is 3.80. The van der Waals surface area contributed by atoms with Crippen molar-refractivity contribution in [3.63, 3.8) is 0 Å². The van der Waals surface area contributed by atoms with Crippen LogP contribution in [0.1, 0.15) is 27.2 Å². The van der Waals surface area contributed by atoms with Gasteiger partial charge in [0.1, 0.15) is 0 Å². The van der Waals surface area contributed by atoms with Gasteiger partial charge in [0, 0.05) is 19.1 Å². The third-order valence-corrected chi connectivity index (χ3v) is 2.80. The van der Waals surface area contributed by atoms with E-state index in [0.717, 1.165) is 19.6 Å². The number of nitrogens with one attached hydrogen (secondary N) is 1. The summed E-state index contributed by atoms with van der Waals surface area (Å²) in [6.07, 6.45) is 1.03. The van der Waals surface area contributed by atoms with Gasteiger partial charge in [-0.2, -0.15) is 0 Å². The molecule has 0 aromatic heterocycles. The van der Waals surface area contributed by atoms with Gasteiger partial charge in [0.2, 0.25) is 5.91 Å². The standard InChI is InChI=1S/C11H22N2O2/c1-11(2,3)9(12)10(14)13-6-8-4-5-15-7-8/h8-9H,4-7,12H2,1-3H3,(H,13,14). The molecule has 15 heavy (non-hydrogen) atoms. The first-order valence-corrected chi connectivity index (χ1v) is 5.52. The highest BCUT2D eigenvalue weighted by molar-refractivity contribution is 5.82. The Labute approximate surface area is 91.5 Å². The Bertz CT molecular complexity index is 217. The third-order valence-electron chi connectivity index (χ3n) is 2.80. The molecule has 1 heterocycles. The Balaban J connectivity index is 2.29. The lowest BCUT2D eigenvalue weighted by molar-refractivity contribution is -0.124. The molecular formula is C11H22N2O2. The lowest BCUT2D eigenvalue weighted by Crippen LogP contribution is -2.49. The fourth-order valence-electron chi connectivity index (χ4n) is 1.49. The first-order chi connectivity index (χ1) is 6.91. The van der Waals surface area contributed by atoms with E-state index >= 15 is 0 Å². The zero-order chi connectivity index (χ0) is 11.5. The maximum Gasteiger partial charge on any atom is 0.237 e. The zero-order valence-electron chi connectivity index (χ0n) is 9.88. The van der Waals surface area contributed by atoms with Gasteiger partial charge in [-0.3, -0.25) is 4.79 Å². The predicted octanol–water partition coefficient (Wildman–Crippen LogP) is 0.513. The van der Waals surface area contributed by atoms with Crippen LogP contribution in [0.5, 0.6) is 0 Å². The van der Waals surface area contributed by atoms with Gasteiger partial charge >= 0.3 is 0 Å². The number of hydrogen-bond acceptors (Lipinski definition) is 3. The lowest BCUT2D eigenvalue weighted by Gasteiger charge is -2.26. The van der Waals surface area contributed by atoms with E-state index in [1.807, 2.05) is 20.8 Å². The molecule has 0 radical (unpaired) electrons. The van der Waals surface area contributed by atoms with Gasteiger partial charge in [-0.25, -0.2) is 0 Å². The number of rotatable bonds is 3. The topological polar surface area (TPSA) is 64.4 Å². The largest absolute Gasteiger partial charge is 0.381 e. The van der Waals surface area contributed by atoms with E-state index in [4.69, 9.17) is 10.5 Å². The molecule has 4 heteroatoms. The van der Waals surface area contributed by atoms with Crippen molar-refractivity contribution in [2.24, 2.45) is 17.1 Å². The van der Waals surface area contributed by atoms with Crippen molar-refractivity contribution < 1.29 is 9.53 Å². The number of hydrogen-bond donors (Lipinski definition) is 2. The molecule has 1 rings (SSSR count). The summed E-state index contributed by atoms with van der Waals surface area (Å²) in [5.74, 6) is 0.399. The van der Waals surface area contributed by atoms with Crippen molar-refractivity contribution in [2.45, 2.75) is 33.2 Å². The summed E-state index contributed by atoms with van der Waals surface area (Å²) in [6, 6.07) is -0.445. The Morgan fingerprint density at radius 2 is 2.27 bits per heavy atom. The van der Waals surface area contributed by atoms with Crippen LogP contribution in [0, 0.1) is 11.3 Å². The summed E-state index contributed by atoms with van der Waals surface area (Å²) in [5.41, 5.74) is 5.65. The second-order valence-corrected chi connectivity index (χ2v) is 5.32. The molecule has 2 unspecified atom stereocenters.